The van der Waals surface area contributed by atoms with Crippen molar-refractivity contribution in [3.63, 3.8) is 0 Å². The smallest absolute Gasteiger partial charge is 0.259 e. The van der Waals surface area contributed by atoms with E-state index in [2.05, 4.69) is 9.97 Å². The molecule has 1 amide bonds. The maximum atomic E-state index is 12.4. The normalized spacial score (nSPS) is 13.3. The van der Waals surface area contributed by atoms with Crippen LogP contribution in [0.15, 0.2) is 22.3 Å². The molecule has 8 heteroatoms. The lowest BCUT2D eigenvalue weighted by Gasteiger charge is -2.15. The number of H-pyrrole nitrogens is 1. The lowest BCUT2D eigenvalue weighted by Crippen LogP contribution is -2.27. The average Bonchev–Trinajstić information content (AvgIpc) is 3.31. The summed E-state index contributed by atoms with van der Waals surface area (Å²) < 4.78 is 0. The van der Waals surface area contributed by atoms with E-state index in [0.717, 1.165) is 29.5 Å². The summed E-state index contributed by atoms with van der Waals surface area (Å²) in [6, 6.07) is 4.02. The topological polar surface area (TPSA) is 66.1 Å². The fourth-order valence-corrected chi connectivity index (χ4v) is 6.05. The van der Waals surface area contributed by atoms with E-state index in [1.807, 2.05) is 24.6 Å². The zero-order valence-corrected chi connectivity index (χ0v) is 16.9. The second-order valence-electron chi connectivity index (χ2n) is 6.37. The van der Waals surface area contributed by atoms with Gasteiger partial charge in [-0.05, 0) is 36.3 Å². The van der Waals surface area contributed by atoms with E-state index in [4.69, 9.17) is 0 Å². The lowest BCUT2D eigenvalue weighted by molar-refractivity contribution is -0.127. The number of thiophene rings is 2. The highest BCUT2D eigenvalue weighted by molar-refractivity contribution is 7.99. The Labute approximate surface area is 163 Å². The Bertz CT molecular complexity index is 991. The molecule has 4 rings (SSSR count). The van der Waals surface area contributed by atoms with Crippen LogP contribution < -0.4 is 5.56 Å². The Morgan fingerprint density at radius 3 is 3.12 bits per heavy atom. The van der Waals surface area contributed by atoms with Crippen LogP contribution in [0.25, 0.3) is 10.2 Å². The van der Waals surface area contributed by atoms with Crippen LogP contribution >= 0.6 is 34.4 Å². The minimum atomic E-state index is -0.0360. The molecule has 0 bridgehead atoms. The third kappa shape index (κ3) is 3.58. The zero-order valence-electron chi connectivity index (χ0n) is 14.4. The van der Waals surface area contributed by atoms with E-state index in [1.54, 1.807) is 27.6 Å². The molecular weight excluding hydrogens is 386 g/mol. The van der Waals surface area contributed by atoms with Crippen molar-refractivity contribution in [3.05, 3.63) is 49.0 Å². The van der Waals surface area contributed by atoms with Gasteiger partial charge in [0.05, 0.1) is 23.4 Å². The van der Waals surface area contributed by atoms with Gasteiger partial charge >= 0.3 is 0 Å². The number of hydrogen-bond donors (Lipinski definition) is 1. The minimum absolute atomic E-state index is 0.0360. The highest BCUT2D eigenvalue weighted by atomic mass is 32.2. The first-order valence-corrected chi connectivity index (χ1v) is 11.3. The Hall–Kier alpha value is -1.64. The molecule has 0 saturated heterocycles. The summed E-state index contributed by atoms with van der Waals surface area (Å²) in [5.74, 6) is 1.65. The van der Waals surface area contributed by atoms with E-state index in [-0.39, 0.29) is 11.5 Å². The van der Waals surface area contributed by atoms with Gasteiger partial charge in [0.1, 0.15) is 10.7 Å². The molecule has 0 atom stereocenters. The largest absolute Gasteiger partial charge is 0.340 e. The molecule has 3 aromatic rings. The molecule has 136 valence electrons. The molecule has 26 heavy (non-hydrogen) atoms. The van der Waals surface area contributed by atoms with Gasteiger partial charge in [-0.2, -0.15) is 0 Å². The van der Waals surface area contributed by atoms with Gasteiger partial charge in [0, 0.05) is 16.8 Å². The molecule has 0 saturated carbocycles. The number of thioether (sulfide) groups is 1. The summed E-state index contributed by atoms with van der Waals surface area (Å²) in [5, 5.41) is 2.80. The lowest BCUT2D eigenvalue weighted by atomic mass is 10.2. The van der Waals surface area contributed by atoms with Crippen LogP contribution in [0.2, 0.25) is 0 Å². The number of nitrogens with zero attached hydrogens (tertiary/aromatic N) is 2. The molecule has 5 nitrogen and oxygen atoms in total. The first-order valence-electron chi connectivity index (χ1n) is 8.49. The van der Waals surface area contributed by atoms with Crippen LogP contribution in [0.4, 0.5) is 0 Å². The second kappa shape index (κ2) is 7.54. The number of carbonyl (C=O) groups excluding carboxylic acids is 1. The maximum Gasteiger partial charge on any atom is 0.259 e. The van der Waals surface area contributed by atoms with Crippen molar-refractivity contribution in [1.29, 1.82) is 0 Å². The zero-order chi connectivity index (χ0) is 18.1. The number of hydrogen-bond acceptors (Lipinski definition) is 6. The van der Waals surface area contributed by atoms with Gasteiger partial charge in [-0.25, -0.2) is 4.98 Å². The predicted octanol–water partition coefficient (Wildman–Crippen LogP) is 3.43. The standard InChI is InChI=1S/C18H19N3O2S3/c1-21(8-11-4-3-7-25-11)15(22)10-24-9-14-19-17(23)16-12-5-2-6-13(12)26-18(16)20-14/h3-4,7H,2,5-6,8-10H2,1H3,(H,19,20,23). The molecular formula is C18H19N3O2S3. The molecule has 0 fully saturated rings. The number of rotatable bonds is 6. The molecule has 0 aromatic carbocycles. The minimum Gasteiger partial charge on any atom is -0.340 e. The fourth-order valence-electron chi connectivity index (χ4n) is 3.18. The van der Waals surface area contributed by atoms with Gasteiger partial charge in [0.25, 0.3) is 5.56 Å². The summed E-state index contributed by atoms with van der Waals surface area (Å²) in [5.41, 5.74) is 1.16. The van der Waals surface area contributed by atoms with Crippen molar-refractivity contribution < 1.29 is 4.79 Å². The summed E-state index contributed by atoms with van der Waals surface area (Å²) in [6.07, 6.45) is 3.18. The van der Waals surface area contributed by atoms with E-state index in [0.29, 0.717) is 23.9 Å². The van der Waals surface area contributed by atoms with Crippen LogP contribution in [0.5, 0.6) is 0 Å². The van der Waals surface area contributed by atoms with Crippen LogP contribution in [0, 0.1) is 0 Å². The number of fused-ring (bicyclic) bond motifs is 3. The quantitative estimate of drug-likeness (QED) is 0.682. The Morgan fingerprint density at radius 1 is 1.42 bits per heavy atom. The summed E-state index contributed by atoms with van der Waals surface area (Å²) >= 11 is 4.79. The number of amides is 1. The number of aryl methyl sites for hydroxylation is 2. The highest BCUT2D eigenvalue weighted by Gasteiger charge is 2.21. The second-order valence-corrected chi connectivity index (χ2v) is 9.47. The summed E-state index contributed by atoms with van der Waals surface area (Å²) in [7, 11) is 1.82. The van der Waals surface area contributed by atoms with E-state index in [1.165, 1.54) is 27.1 Å². The fraction of sp³-hybridized carbons (Fsp3) is 0.389. The van der Waals surface area contributed by atoms with Crippen molar-refractivity contribution in [2.75, 3.05) is 12.8 Å². The van der Waals surface area contributed by atoms with Crippen molar-refractivity contribution in [2.45, 2.75) is 31.6 Å². The van der Waals surface area contributed by atoms with Crippen molar-refractivity contribution in [3.8, 4) is 0 Å². The summed E-state index contributed by atoms with van der Waals surface area (Å²) in [4.78, 5) is 37.3. The monoisotopic (exact) mass is 405 g/mol. The number of carbonyl (C=O) groups is 1. The van der Waals surface area contributed by atoms with Gasteiger partial charge in [-0.15, -0.1) is 34.4 Å². The molecule has 0 aliphatic heterocycles. The van der Waals surface area contributed by atoms with Crippen LogP contribution in [0.3, 0.4) is 0 Å². The molecule has 0 unspecified atom stereocenters. The Morgan fingerprint density at radius 2 is 2.31 bits per heavy atom. The Balaban J connectivity index is 1.37. The molecule has 1 aliphatic rings. The molecule has 1 N–H and O–H groups in total. The molecule has 3 heterocycles. The van der Waals surface area contributed by atoms with Gasteiger partial charge in [0.15, 0.2) is 0 Å². The predicted molar refractivity (Wildman–Crippen MR) is 109 cm³/mol. The molecule has 0 spiro atoms. The Kier molecular flexibility index (Phi) is 5.15. The molecule has 3 aromatic heterocycles. The molecule has 1 aliphatic carbocycles. The third-order valence-electron chi connectivity index (χ3n) is 4.49. The first-order chi connectivity index (χ1) is 12.6. The first kappa shape index (κ1) is 17.8. The van der Waals surface area contributed by atoms with E-state index < -0.39 is 0 Å². The van der Waals surface area contributed by atoms with Gasteiger partial charge < -0.3 is 9.88 Å². The van der Waals surface area contributed by atoms with Crippen LogP contribution in [0.1, 0.15) is 27.6 Å². The van der Waals surface area contributed by atoms with Crippen molar-refractivity contribution >= 4 is 50.6 Å². The number of nitrogens with one attached hydrogen (secondary N) is 1. The van der Waals surface area contributed by atoms with E-state index in [9.17, 15) is 9.59 Å². The summed E-state index contributed by atoms with van der Waals surface area (Å²) in [6.45, 7) is 0.638. The van der Waals surface area contributed by atoms with Crippen LogP contribution in [-0.4, -0.2) is 33.6 Å². The van der Waals surface area contributed by atoms with Gasteiger partial charge in [0.2, 0.25) is 5.91 Å². The number of aromatic nitrogens is 2. The van der Waals surface area contributed by atoms with Gasteiger partial charge in [-0.1, -0.05) is 6.07 Å². The third-order valence-corrected chi connectivity index (χ3v) is 7.46. The van der Waals surface area contributed by atoms with Crippen molar-refractivity contribution in [2.24, 2.45) is 0 Å². The number of aromatic amines is 1. The van der Waals surface area contributed by atoms with Gasteiger partial charge in [-0.3, -0.25) is 9.59 Å². The van der Waals surface area contributed by atoms with Crippen molar-refractivity contribution in [1.82, 2.24) is 14.9 Å². The molecule has 0 radical (unpaired) electrons. The van der Waals surface area contributed by atoms with E-state index >= 15 is 0 Å². The maximum absolute atomic E-state index is 12.4. The average molecular weight is 406 g/mol. The SMILES string of the molecule is CN(Cc1cccs1)C(=O)CSCc1nc2sc3c(c2c(=O)[nH]1)CCC3. The highest BCUT2D eigenvalue weighted by Crippen LogP contribution is 2.34. The van der Waals surface area contributed by atoms with Crippen LogP contribution in [-0.2, 0) is 29.9 Å².